The van der Waals surface area contributed by atoms with Crippen LogP contribution in [0.15, 0.2) is 33.6 Å². The first-order valence-electron chi connectivity index (χ1n) is 7.67. The summed E-state index contributed by atoms with van der Waals surface area (Å²) in [6.45, 7) is 6.41. The highest BCUT2D eigenvalue weighted by Crippen LogP contribution is 2.23. The van der Waals surface area contributed by atoms with E-state index in [2.05, 4.69) is 29.0 Å². The Kier molecular flexibility index (Phi) is 4.29. The second-order valence-electron chi connectivity index (χ2n) is 5.88. The lowest BCUT2D eigenvalue weighted by Crippen LogP contribution is -2.46. The van der Waals surface area contributed by atoms with E-state index < -0.39 is 0 Å². The molecule has 6 nitrogen and oxygen atoms in total. The topological polar surface area (TPSA) is 71.5 Å². The Morgan fingerprint density at radius 1 is 1.36 bits per heavy atom. The summed E-state index contributed by atoms with van der Waals surface area (Å²) in [5.74, 6) is 0.683. The van der Waals surface area contributed by atoms with Crippen molar-refractivity contribution in [3.8, 4) is 11.5 Å². The number of oxazole rings is 1. The van der Waals surface area contributed by atoms with Gasteiger partial charge in [-0.15, -0.1) is 0 Å². The molecule has 0 aromatic carbocycles. The Morgan fingerprint density at radius 2 is 2.14 bits per heavy atom. The van der Waals surface area contributed by atoms with Gasteiger partial charge in [0.25, 0.3) is 5.91 Å². The molecule has 2 aromatic rings. The van der Waals surface area contributed by atoms with Gasteiger partial charge in [0.05, 0.1) is 6.26 Å². The lowest BCUT2D eigenvalue weighted by Gasteiger charge is -2.34. The molecule has 1 saturated heterocycles. The van der Waals surface area contributed by atoms with Crippen LogP contribution >= 0.6 is 0 Å². The monoisotopic (exact) mass is 303 g/mol. The van der Waals surface area contributed by atoms with E-state index in [0.717, 1.165) is 25.9 Å². The van der Waals surface area contributed by atoms with Crippen LogP contribution in [0.2, 0.25) is 0 Å². The molecule has 6 heteroatoms. The third-order valence-corrected chi connectivity index (χ3v) is 4.12. The molecule has 0 saturated carbocycles. The summed E-state index contributed by atoms with van der Waals surface area (Å²) in [4.78, 5) is 18.9. The van der Waals surface area contributed by atoms with E-state index >= 15 is 0 Å². The van der Waals surface area contributed by atoms with Crippen LogP contribution in [-0.4, -0.2) is 41.0 Å². The van der Waals surface area contributed by atoms with E-state index in [0.29, 0.717) is 17.6 Å². The molecule has 0 spiro atoms. The number of likely N-dealkylation sites (tertiary alicyclic amines) is 1. The third kappa shape index (κ3) is 3.06. The van der Waals surface area contributed by atoms with E-state index in [4.69, 9.17) is 8.83 Å². The molecule has 0 aliphatic carbocycles. The molecule has 22 heavy (non-hydrogen) atoms. The standard InChI is InChI=1S/C16H21N3O3/c1-11(2)19-7-5-12(6-8-19)18-16(20)14-15(22-10-17-14)13-4-3-9-21-13/h3-4,9-12H,5-8H2,1-2H3,(H,18,20). The summed E-state index contributed by atoms with van der Waals surface area (Å²) in [6.07, 6.45) is 4.73. The van der Waals surface area contributed by atoms with Crippen molar-refractivity contribution in [2.45, 2.75) is 38.8 Å². The maximum absolute atomic E-state index is 12.4. The number of nitrogens with zero attached hydrogens (tertiary/aromatic N) is 2. The molecule has 1 N–H and O–H groups in total. The number of amides is 1. The predicted molar refractivity (Wildman–Crippen MR) is 81.4 cm³/mol. The molecule has 1 fully saturated rings. The molecule has 2 aromatic heterocycles. The number of carbonyl (C=O) groups is 1. The van der Waals surface area contributed by atoms with Gasteiger partial charge in [0, 0.05) is 25.2 Å². The fourth-order valence-electron chi connectivity index (χ4n) is 2.80. The van der Waals surface area contributed by atoms with Crippen molar-refractivity contribution in [1.82, 2.24) is 15.2 Å². The zero-order chi connectivity index (χ0) is 15.5. The number of hydrogen-bond acceptors (Lipinski definition) is 5. The van der Waals surface area contributed by atoms with Crippen molar-refractivity contribution in [3.05, 3.63) is 30.5 Å². The van der Waals surface area contributed by atoms with E-state index in [1.807, 2.05) is 0 Å². The van der Waals surface area contributed by atoms with Crippen LogP contribution in [0, 0.1) is 0 Å². The number of furan rings is 1. The number of rotatable bonds is 4. The van der Waals surface area contributed by atoms with Crippen molar-refractivity contribution < 1.29 is 13.6 Å². The predicted octanol–water partition coefficient (Wildman–Crippen LogP) is 2.54. The zero-order valence-corrected chi connectivity index (χ0v) is 12.9. The summed E-state index contributed by atoms with van der Waals surface area (Å²) in [6, 6.07) is 4.24. The van der Waals surface area contributed by atoms with Crippen LogP contribution in [0.5, 0.6) is 0 Å². The normalized spacial score (nSPS) is 17.0. The number of carbonyl (C=O) groups excluding carboxylic acids is 1. The molecule has 1 amide bonds. The van der Waals surface area contributed by atoms with Gasteiger partial charge in [-0.1, -0.05) is 0 Å². The fraction of sp³-hybridized carbons (Fsp3) is 0.500. The molecule has 0 bridgehead atoms. The van der Waals surface area contributed by atoms with Crippen molar-refractivity contribution in [2.24, 2.45) is 0 Å². The van der Waals surface area contributed by atoms with Crippen molar-refractivity contribution in [3.63, 3.8) is 0 Å². The van der Waals surface area contributed by atoms with Crippen LogP contribution in [-0.2, 0) is 0 Å². The van der Waals surface area contributed by atoms with Gasteiger partial charge in [0.15, 0.2) is 17.8 Å². The average molecular weight is 303 g/mol. The van der Waals surface area contributed by atoms with E-state index in [9.17, 15) is 4.79 Å². The van der Waals surface area contributed by atoms with Crippen LogP contribution in [0.4, 0.5) is 0 Å². The molecule has 0 radical (unpaired) electrons. The SMILES string of the molecule is CC(C)N1CCC(NC(=O)c2ncoc2-c2ccco2)CC1. The van der Waals surface area contributed by atoms with Crippen molar-refractivity contribution in [2.75, 3.05) is 13.1 Å². The van der Waals surface area contributed by atoms with Crippen molar-refractivity contribution in [1.29, 1.82) is 0 Å². The lowest BCUT2D eigenvalue weighted by molar-refractivity contribution is 0.0896. The summed E-state index contributed by atoms with van der Waals surface area (Å²) in [7, 11) is 0. The van der Waals surface area contributed by atoms with E-state index in [-0.39, 0.29) is 17.6 Å². The maximum Gasteiger partial charge on any atom is 0.274 e. The minimum absolute atomic E-state index is 0.184. The fourth-order valence-corrected chi connectivity index (χ4v) is 2.80. The first-order valence-corrected chi connectivity index (χ1v) is 7.67. The molecule has 118 valence electrons. The van der Waals surface area contributed by atoms with Gasteiger partial charge in [0.2, 0.25) is 5.76 Å². The highest BCUT2D eigenvalue weighted by molar-refractivity contribution is 5.97. The smallest absolute Gasteiger partial charge is 0.274 e. The molecule has 1 aliphatic rings. The largest absolute Gasteiger partial charge is 0.461 e. The Morgan fingerprint density at radius 3 is 2.77 bits per heavy atom. The van der Waals surface area contributed by atoms with Gasteiger partial charge in [-0.2, -0.15) is 0 Å². The zero-order valence-electron chi connectivity index (χ0n) is 12.9. The van der Waals surface area contributed by atoms with Gasteiger partial charge < -0.3 is 19.1 Å². The van der Waals surface area contributed by atoms with Crippen LogP contribution in [0.1, 0.15) is 37.2 Å². The Bertz CT molecular complexity index is 610. The highest BCUT2D eigenvalue weighted by atomic mass is 16.4. The van der Waals surface area contributed by atoms with Gasteiger partial charge >= 0.3 is 0 Å². The molecule has 3 rings (SSSR count). The second-order valence-corrected chi connectivity index (χ2v) is 5.88. The third-order valence-electron chi connectivity index (χ3n) is 4.12. The number of piperidine rings is 1. The summed E-state index contributed by atoms with van der Waals surface area (Å²) in [5.41, 5.74) is 0.279. The second kappa shape index (κ2) is 6.36. The maximum atomic E-state index is 12.4. The molecular weight excluding hydrogens is 282 g/mol. The minimum atomic E-state index is -0.205. The molecular formula is C16H21N3O3. The quantitative estimate of drug-likeness (QED) is 0.939. The highest BCUT2D eigenvalue weighted by Gasteiger charge is 2.25. The summed E-state index contributed by atoms with van der Waals surface area (Å²) >= 11 is 0. The first-order chi connectivity index (χ1) is 10.6. The number of nitrogens with one attached hydrogen (secondary N) is 1. The molecule has 3 heterocycles. The average Bonchev–Trinajstić information content (AvgIpc) is 3.18. The number of aromatic nitrogens is 1. The van der Waals surface area contributed by atoms with Crippen LogP contribution < -0.4 is 5.32 Å². The van der Waals surface area contributed by atoms with E-state index in [1.54, 1.807) is 18.4 Å². The molecule has 1 aliphatic heterocycles. The summed E-state index contributed by atoms with van der Waals surface area (Å²) in [5, 5.41) is 3.05. The molecule has 0 unspecified atom stereocenters. The van der Waals surface area contributed by atoms with Gasteiger partial charge in [-0.3, -0.25) is 4.79 Å². The van der Waals surface area contributed by atoms with Gasteiger partial charge in [0.1, 0.15) is 0 Å². The Hall–Kier alpha value is -2.08. The molecule has 0 atom stereocenters. The summed E-state index contributed by atoms with van der Waals surface area (Å²) < 4.78 is 10.6. The first kappa shape index (κ1) is 14.8. The Balaban J connectivity index is 1.63. The lowest BCUT2D eigenvalue weighted by atomic mass is 10.0. The van der Waals surface area contributed by atoms with Crippen LogP contribution in [0.3, 0.4) is 0 Å². The minimum Gasteiger partial charge on any atom is -0.461 e. The van der Waals surface area contributed by atoms with Crippen molar-refractivity contribution >= 4 is 5.91 Å². The van der Waals surface area contributed by atoms with Crippen LogP contribution in [0.25, 0.3) is 11.5 Å². The van der Waals surface area contributed by atoms with E-state index in [1.165, 1.54) is 6.39 Å². The number of hydrogen-bond donors (Lipinski definition) is 1. The van der Waals surface area contributed by atoms with Gasteiger partial charge in [-0.25, -0.2) is 4.98 Å². The van der Waals surface area contributed by atoms with Gasteiger partial charge in [-0.05, 0) is 38.8 Å². The Labute approximate surface area is 129 Å².